The summed E-state index contributed by atoms with van der Waals surface area (Å²) in [5.41, 5.74) is 0.952. The van der Waals surface area contributed by atoms with Crippen molar-refractivity contribution < 1.29 is 28.2 Å². The van der Waals surface area contributed by atoms with Gasteiger partial charge in [-0.25, -0.2) is 4.39 Å². The minimum atomic E-state index is -1.06. The van der Waals surface area contributed by atoms with Gasteiger partial charge in [0.25, 0.3) is 11.7 Å². The van der Waals surface area contributed by atoms with Crippen LogP contribution in [0.25, 0.3) is 5.76 Å². The van der Waals surface area contributed by atoms with Crippen LogP contribution in [0.3, 0.4) is 0 Å². The first-order valence-electron chi connectivity index (χ1n) is 11.4. The van der Waals surface area contributed by atoms with Gasteiger partial charge in [-0.1, -0.05) is 26.8 Å². The van der Waals surface area contributed by atoms with E-state index in [1.807, 2.05) is 27.7 Å². The number of carbonyl (C=O) groups is 2. The molecule has 1 aliphatic heterocycles. The lowest BCUT2D eigenvalue weighted by Gasteiger charge is -2.25. The highest BCUT2D eigenvalue weighted by atomic mass is 19.1. The van der Waals surface area contributed by atoms with Gasteiger partial charge in [-0.15, -0.1) is 0 Å². The molecule has 1 fully saturated rings. The Morgan fingerprint density at radius 2 is 1.86 bits per heavy atom. The van der Waals surface area contributed by atoms with Gasteiger partial charge in [0.05, 0.1) is 12.2 Å². The normalized spacial score (nSPS) is 17.8. The highest BCUT2D eigenvalue weighted by Crippen LogP contribution is 2.43. The number of carbonyl (C=O) groups excluding carboxylic acids is 2. The van der Waals surface area contributed by atoms with Crippen LogP contribution in [0.1, 0.15) is 56.4 Å². The molecule has 3 aromatic rings. The number of hydrogen-bond donors (Lipinski definition) is 1. The first-order valence-corrected chi connectivity index (χ1v) is 11.4. The topological polar surface area (TPSA) is 80.0 Å². The second kappa shape index (κ2) is 9.06. The summed E-state index contributed by atoms with van der Waals surface area (Å²) in [7, 11) is 0. The smallest absolute Gasteiger partial charge is 0.300 e. The molecule has 182 valence electrons. The van der Waals surface area contributed by atoms with Gasteiger partial charge in [0.2, 0.25) is 0 Å². The number of aryl methyl sites for hydroxylation is 1. The number of halogens is 1. The van der Waals surface area contributed by atoms with Gasteiger partial charge in [-0.2, -0.15) is 0 Å². The summed E-state index contributed by atoms with van der Waals surface area (Å²) in [6.07, 6.45) is 0. The average Bonchev–Trinajstić information content (AvgIpc) is 3.34. The van der Waals surface area contributed by atoms with Crippen LogP contribution in [-0.2, 0) is 15.0 Å². The predicted molar refractivity (Wildman–Crippen MR) is 131 cm³/mol. The maximum absolute atomic E-state index is 14.0. The van der Waals surface area contributed by atoms with Crippen LogP contribution in [0.2, 0.25) is 0 Å². The number of aliphatic hydroxyl groups is 1. The number of ether oxygens (including phenoxy) is 1. The lowest BCUT2D eigenvalue weighted by molar-refractivity contribution is -0.132. The van der Waals surface area contributed by atoms with E-state index in [4.69, 9.17) is 9.15 Å². The van der Waals surface area contributed by atoms with Crippen LogP contribution in [0, 0.1) is 12.7 Å². The number of amides is 1. The molecule has 6 nitrogen and oxygen atoms in total. The van der Waals surface area contributed by atoms with Gasteiger partial charge in [0.15, 0.2) is 0 Å². The van der Waals surface area contributed by atoms with E-state index in [0.717, 1.165) is 10.5 Å². The molecule has 1 atom stereocenters. The van der Waals surface area contributed by atoms with Crippen molar-refractivity contribution >= 4 is 23.1 Å². The van der Waals surface area contributed by atoms with E-state index in [1.54, 1.807) is 37.3 Å². The van der Waals surface area contributed by atoms with Gasteiger partial charge < -0.3 is 14.3 Å². The molecule has 0 bridgehead atoms. The van der Waals surface area contributed by atoms with Crippen LogP contribution in [0.4, 0.5) is 10.1 Å². The van der Waals surface area contributed by atoms with Crippen LogP contribution in [-0.4, -0.2) is 23.4 Å². The highest BCUT2D eigenvalue weighted by molar-refractivity contribution is 6.51. The summed E-state index contributed by atoms with van der Waals surface area (Å²) in [4.78, 5) is 27.6. The van der Waals surface area contributed by atoms with Crippen LogP contribution >= 0.6 is 0 Å². The van der Waals surface area contributed by atoms with Crippen molar-refractivity contribution in [1.29, 1.82) is 0 Å². The Morgan fingerprint density at radius 1 is 1.11 bits per heavy atom. The minimum absolute atomic E-state index is 0.127. The van der Waals surface area contributed by atoms with E-state index in [0.29, 0.717) is 23.7 Å². The Kier molecular flexibility index (Phi) is 6.28. The van der Waals surface area contributed by atoms with Crippen molar-refractivity contribution in [1.82, 2.24) is 0 Å². The van der Waals surface area contributed by atoms with E-state index in [9.17, 15) is 19.1 Å². The number of hydrogen-bond acceptors (Lipinski definition) is 5. The monoisotopic (exact) mass is 477 g/mol. The number of furan rings is 1. The summed E-state index contributed by atoms with van der Waals surface area (Å²) in [5, 5.41) is 11.4. The first-order chi connectivity index (χ1) is 16.5. The molecule has 0 spiro atoms. The Bertz CT molecular complexity index is 1330. The van der Waals surface area contributed by atoms with E-state index in [-0.39, 0.29) is 28.2 Å². The molecule has 2 aromatic carbocycles. The molecule has 1 aliphatic rings. The minimum Gasteiger partial charge on any atom is -0.507 e. The third-order valence-corrected chi connectivity index (χ3v) is 5.92. The van der Waals surface area contributed by atoms with Crippen LogP contribution in [0.15, 0.2) is 64.6 Å². The Morgan fingerprint density at radius 3 is 2.46 bits per heavy atom. The van der Waals surface area contributed by atoms with Gasteiger partial charge in [-0.3, -0.25) is 14.5 Å². The fraction of sp³-hybridized carbons (Fsp3) is 0.286. The second-order valence-electron chi connectivity index (χ2n) is 9.49. The average molecular weight is 478 g/mol. The van der Waals surface area contributed by atoms with E-state index < -0.39 is 23.5 Å². The molecule has 1 N–H and O–H groups in total. The number of ketones is 1. The molecule has 1 unspecified atom stereocenters. The summed E-state index contributed by atoms with van der Waals surface area (Å²) in [6.45, 7) is 10.2. The van der Waals surface area contributed by atoms with E-state index in [1.165, 1.54) is 24.3 Å². The Balaban J connectivity index is 1.94. The predicted octanol–water partition coefficient (Wildman–Crippen LogP) is 6.05. The third-order valence-electron chi connectivity index (χ3n) is 5.92. The van der Waals surface area contributed by atoms with Gasteiger partial charge >= 0.3 is 0 Å². The molecule has 0 aliphatic carbocycles. The van der Waals surface area contributed by atoms with Crippen molar-refractivity contribution in [2.45, 2.75) is 46.1 Å². The SMILES string of the molecule is CCOc1ccc(/C(O)=C2/C(=O)C(=O)N(c3cccc(F)c3)C2c2ccc(C)o2)cc1C(C)(C)C. The second-order valence-corrected chi connectivity index (χ2v) is 9.49. The van der Waals surface area contributed by atoms with Crippen molar-refractivity contribution in [3.05, 3.63) is 88.6 Å². The Hall–Kier alpha value is -3.87. The zero-order valence-electron chi connectivity index (χ0n) is 20.4. The molecule has 1 amide bonds. The first kappa shape index (κ1) is 24.3. The fourth-order valence-corrected chi connectivity index (χ4v) is 4.29. The van der Waals surface area contributed by atoms with E-state index in [2.05, 4.69) is 0 Å². The number of benzene rings is 2. The lowest BCUT2D eigenvalue weighted by atomic mass is 9.84. The molecule has 4 rings (SSSR count). The maximum atomic E-state index is 14.0. The fourth-order valence-electron chi connectivity index (χ4n) is 4.29. The lowest BCUT2D eigenvalue weighted by Crippen LogP contribution is -2.29. The number of rotatable bonds is 5. The number of Topliss-reactive ketones (excluding diaryl/α,β-unsaturated/α-hetero) is 1. The molecule has 35 heavy (non-hydrogen) atoms. The summed E-state index contributed by atoms with van der Waals surface area (Å²) in [6, 6.07) is 12.9. The summed E-state index contributed by atoms with van der Waals surface area (Å²) < 4.78 is 25.6. The standard InChI is InChI=1S/C28H28FNO5/c1-6-34-21-13-11-17(14-20(21)28(3,4)5)25(31)23-24(22-12-10-16(2)35-22)30(27(33)26(23)32)19-9-7-8-18(29)15-19/h7-15,24,31H,6H2,1-5H3/b25-23-. The molecule has 1 aromatic heterocycles. The number of anilines is 1. The zero-order chi connectivity index (χ0) is 25.5. The van der Waals surface area contributed by atoms with Gasteiger partial charge in [-0.05, 0) is 67.8 Å². The van der Waals surface area contributed by atoms with Crippen LogP contribution < -0.4 is 9.64 Å². The summed E-state index contributed by atoms with van der Waals surface area (Å²) >= 11 is 0. The van der Waals surface area contributed by atoms with E-state index >= 15 is 0 Å². The molecular weight excluding hydrogens is 449 g/mol. The van der Waals surface area contributed by atoms with Crippen molar-refractivity contribution in [3.63, 3.8) is 0 Å². The molecular formula is C28H28FNO5. The van der Waals surface area contributed by atoms with Crippen LogP contribution in [0.5, 0.6) is 5.75 Å². The van der Waals surface area contributed by atoms with Crippen molar-refractivity contribution in [2.24, 2.45) is 0 Å². The molecule has 0 radical (unpaired) electrons. The zero-order valence-corrected chi connectivity index (χ0v) is 20.4. The maximum Gasteiger partial charge on any atom is 0.300 e. The molecule has 7 heteroatoms. The molecule has 2 heterocycles. The molecule has 0 saturated carbocycles. The van der Waals surface area contributed by atoms with Crippen molar-refractivity contribution in [3.8, 4) is 5.75 Å². The highest BCUT2D eigenvalue weighted by Gasteiger charge is 2.48. The van der Waals surface area contributed by atoms with Crippen molar-refractivity contribution in [2.75, 3.05) is 11.5 Å². The number of aliphatic hydroxyl groups excluding tert-OH is 1. The van der Waals surface area contributed by atoms with Gasteiger partial charge in [0, 0.05) is 16.8 Å². The Labute approximate surface area is 203 Å². The number of nitrogens with zero attached hydrogens (tertiary/aromatic N) is 1. The summed E-state index contributed by atoms with van der Waals surface area (Å²) in [5.74, 6) is -1.12. The van der Waals surface area contributed by atoms with Gasteiger partial charge in [0.1, 0.15) is 34.9 Å². The molecule has 1 saturated heterocycles. The largest absolute Gasteiger partial charge is 0.507 e. The third kappa shape index (κ3) is 4.46. The quantitative estimate of drug-likeness (QED) is 0.275.